The van der Waals surface area contributed by atoms with E-state index in [2.05, 4.69) is 39.8 Å². The van der Waals surface area contributed by atoms with Crippen LogP contribution in [0.15, 0.2) is 40.9 Å². The van der Waals surface area contributed by atoms with E-state index in [1.807, 2.05) is 33.3 Å². The number of hydrogen-bond donors (Lipinski definition) is 2. The van der Waals surface area contributed by atoms with Gasteiger partial charge >= 0.3 is 19.8 Å². The third kappa shape index (κ3) is 30.5. The molecule has 0 aromatic carbocycles. The van der Waals surface area contributed by atoms with Crippen LogP contribution in [0.5, 0.6) is 0 Å². The number of rotatable bonds is 38. The molecule has 0 aliphatic rings. The number of unbranched alkanes of at least 4 members (excludes halogenated alkanes) is 13. The van der Waals surface area contributed by atoms with Gasteiger partial charge in [0.15, 0.2) is 6.10 Å². The van der Waals surface area contributed by atoms with Crippen molar-refractivity contribution in [1.29, 1.82) is 0 Å². The number of nitrogens with zero attached hydrogens (tertiary/aromatic N) is 1. The number of carbonyl (C=O) groups is 2. The van der Waals surface area contributed by atoms with Gasteiger partial charge in [0.1, 0.15) is 31.3 Å². The standard InChI is InChI=1S/C48H84NO10P/c1-8-10-12-13-14-15-16-17-18-19-20-23-27-31-43(50)32-30-36-48(52)58-44(40-57-60(53,54)56-38-37-49(5,6)7)39-55-47(51)35-29-25-22-21-24-28-34-46-42(4)41(3)45(59-46)33-26-11-9-2/h17-18,20,23,27,31,43-44,50H,8-16,19,21-22,24-26,28-30,32-40H2,1-7H3/p+1/b18-17+,23-20+,31-27+/t43?,44-/m1/s1. The van der Waals surface area contributed by atoms with Gasteiger partial charge in [-0.1, -0.05) is 121 Å². The van der Waals surface area contributed by atoms with Gasteiger partial charge in [0.25, 0.3) is 0 Å². The summed E-state index contributed by atoms with van der Waals surface area (Å²) in [7, 11) is 1.33. The summed E-state index contributed by atoms with van der Waals surface area (Å²) in [4.78, 5) is 35.6. The first-order chi connectivity index (χ1) is 28.7. The molecule has 0 saturated carbocycles. The van der Waals surface area contributed by atoms with Gasteiger partial charge in [-0.3, -0.25) is 18.6 Å². The van der Waals surface area contributed by atoms with Crippen LogP contribution in [0.4, 0.5) is 0 Å². The molecule has 3 atom stereocenters. The molecule has 12 heteroatoms. The van der Waals surface area contributed by atoms with E-state index in [0.717, 1.165) is 69.3 Å². The Kier molecular flexibility index (Phi) is 31.5. The molecule has 0 amide bonds. The van der Waals surface area contributed by atoms with Crippen LogP contribution in [0.2, 0.25) is 0 Å². The summed E-state index contributed by atoms with van der Waals surface area (Å²) in [6.07, 6.45) is 32.0. The van der Waals surface area contributed by atoms with Gasteiger partial charge in [0.05, 0.1) is 33.9 Å². The van der Waals surface area contributed by atoms with Crippen molar-refractivity contribution in [1.82, 2.24) is 0 Å². The molecule has 0 saturated heterocycles. The second kappa shape index (κ2) is 34.0. The number of furan rings is 1. The summed E-state index contributed by atoms with van der Waals surface area (Å²) in [6, 6.07) is 0. The van der Waals surface area contributed by atoms with E-state index in [1.165, 1.54) is 68.9 Å². The molecule has 0 aliphatic carbocycles. The number of phosphoric ester groups is 1. The monoisotopic (exact) mass is 867 g/mol. The van der Waals surface area contributed by atoms with E-state index >= 15 is 0 Å². The fourth-order valence-electron chi connectivity index (χ4n) is 6.49. The highest BCUT2D eigenvalue weighted by Gasteiger charge is 2.27. The summed E-state index contributed by atoms with van der Waals surface area (Å²) in [6.45, 7) is 8.43. The number of ether oxygens (including phenoxy) is 2. The Morgan fingerprint density at radius 1 is 0.717 bits per heavy atom. The quantitative estimate of drug-likeness (QED) is 0.0165. The van der Waals surface area contributed by atoms with Crippen LogP contribution in [-0.4, -0.2) is 86.1 Å². The molecule has 60 heavy (non-hydrogen) atoms. The second-order valence-electron chi connectivity index (χ2n) is 17.2. The number of likely N-dealkylation sites (N-methyl/N-ethyl adjacent to an activating group) is 1. The summed E-state index contributed by atoms with van der Waals surface area (Å²) in [5.41, 5.74) is 2.59. The molecule has 2 unspecified atom stereocenters. The van der Waals surface area contributed by atoms with E-state index in [9.17, 15) is 24.2 Å². The highest BCUT2D eigenvalue weighted by atomic mass is 31.2. The number of hydrogen-bond acceptors (Lipinski definition) is 9. The summed E-state index contributed by atoms with van der Waals surface area (Å²) in [5, 5.41) is 10.4. The number of allylic oxidation sites excluding steroid dienone is 5. The van der Waals surface area contributed by atoms with Gasteiger partial charge in [-0.2, -0.15) is 0 Å². The van der Waals surface area contributed by atoms with Crippen LogP contribution < -0.4 is 0 Å². The molecule has 2 N–H and O–H groups in total. The van der Waals surface area contributed by atoms with Crippen molar-refractivity contribution in [3.63, 3.8) is 0 Å². The zero-order chi connectivity index (χ0) is 44.5. The molecular formula is C48H85NO10P+. The molecule has 1 rings (SSSR count). The molecule has 11 nitrogen and oxygen atoms in total. The first kappa shape index (κ1) is 55.5. The number of aliphatic hydroxyl groups excluding tert-OH is 1. The van der Waals surface area contributed by atoms with Crippen LogP contribution in [0.1, 0.15) is 171 Å². The van der Waals surface area contributed by atoms with E-state index in [4.69, 9.17) is 22.9 Å². The number of phosphoric acid groups is 1. The average Bonchev–Trinajstić information content (AvgIpc) is 3.45. The fourth-order valence-corrected chi connectivity index (χ4v) is 7.24. The maximum Gasteiger partial charge on any atom is 0.472 e. The molecule has 0 fully saturated rings. The van der Waals surface area contributed by atoms with Gasteiger partial charge in [-0.15, -0.1) is 0 Å². The predicted octanol–water partition coefficient (Wildman–Crippen LogP) is 11.5. The van der Waals surface area contributed by atoms with Crippen molar-refractivity contribution in [3.8, 4) is 0 Å². The van der Waals surface area contributed by atoms with Crippen molar-refractivity contribution in [2.45, 2.75) is 188 Å². The topological polar surface area (TPSA) is 142 Å². The number of esters is 2. The van der Waals surface area contributed by atoms with E-state index in [1.54, 1.807) is 12.2 Å². The number of carbonyl (C=O) groups excluding carboxylic acids is 2. The Bertz CT molecular complexity index is 1410. The molecule has 0 aliphatic heterocycles. The minimum Gasteiger partial charge on any atom is -0.466 e. The third-order valence-electron chi connectivity index (χ3n) is 10.5. The van der Waals surface area contributed by atoms with Crippen LogP contribution in [-0.2, 0) is 45.5 Å². The van der Waals surface area contributed by atoms with Gasteiger partial charge in [0, 0.05) is 25.7 Å². The molecule has 1 heterocycles. The van der Waals surface area contributed by atoms with Crippen molar-refractivity contribution in [2.75, 3.05) is 47.5 Å². The van der Waals surface area contributed by atoms with Crippen molar-refractivity contribution < 1.29 is 51.6 Å². The highest BCUT2D eigenvalue weighted by Crippen LogP contribution is 2.43. The molecule has 0 bridgehead atoms. The molecule has 1 aromatic rings. The van der Waals surface area contributed by atoms with E-state index in [-0.39, 0.29) is 26.1 Å². The predicted molar refractivity (Wildman–Crippen MR) is 243 cm³/mol. The van der Waals surface area contributed by atoms with E-state index < -0.39 is 38.6 Å². The number of quaternary nitrogens is 1. The number of aryl methyl sites for hydroxylation is 2. The largest absolute Gasteiger partial charge is 0.472 e. The van der Waals surface area contributed by atoms with Crippen LogP contribution >= 0.6 is 7.82 Å². The third-order valence-corrected chi connectivity index (χ3v) is 11.5. The lowest BCUT2D eigenvalue weighted by atomic mass is 10.0. The molecule has 0 spiro atoms. The van der Waals surface area contributed by atoms with Gasteiger partial charge in [-0.25, -0.2) is 4.57 Å². The Morgan fingerprint density at radius 2 is 1.30 bits per heavy atom. The summed E-state index contributed by atoms with van der Waals surface area (Å²) in [5.74, 6) is 1.23. The van der Waals surface area contributed by atoms with Crippen LogP contribution in [0.25, 0.3) is 0 Å². The lowest BCUT2D eigenvalue weighted by molar-refractivity contribution is -0.870. The van der Waals surface area contributed by atoms with Crippen LogP contribution in [0, 0.1) is 13.8 Å². The first-order valence-electron chi connectivity index (χ1n) is 23.2. The smallest absolute Gasteiger partial charge is 0.466 e. The summed E-state index contributed by atoms with van der Waals surface area (Å²) < 4.78 is 40.4. The zero-order valence-electron chi connectivity index (χ0n) is 38.8. The van der Waals surface area contributed by atoms with Gasteiger partial charge < -0.3 is 28.4 Å². The lowest BCUT2D eigenvalue weighted by Crippen LogP contribution is -2.37. The second-order valence-corrected chi connectivity index (χ2v) is 18.7. The van der Waals surface area contributed by atoms with Crippen LogP contribution in [0.3, 0.4) is 0 Å². The number of aliphatic hydroxyl groups is 1. The minimum atomic E-state index is -4.44. The summed E-state index contributed by atoms with van der Waals surface area (Å²) >= 11 is 0. The van der Waals surface area contributed by atoms with Crippen molar-refractivity contribution >= 4 is 19.8 Å². The molecule has 346 valence electrons. The van der Waals surface area contributed by atoms with Gasteiger partial charge in [-0.05, 0) is 76.3 Å². The first-order valence-corrected chi connectivity index (χ1v) is 24.7. The van der Waals surface area contributed by atoms with Crippen molar-refractivity contribution in [2.24, 2.45) is 0 Å². The Balaban J connectivity index is 2.45. The highest BCUT2D eigenvalue weighted by molar-refractivity contribution is 7.47. The average molecular weight is 867 g/mol. The minimum absolute atomic E-state index is 0.00617. The Hall–Kier alpha value is -2.53. The lowest BCUT2D eigenvalue weighted by Gasteiger charge is -2.24. The molecular weight excluding hydrogens is 781 g/mol. The normalized spacial score (nSPS) is 14.3. The molecule has 0 radical (unpaired) electrons. The molecule has 1 aromatic heterocycles. The zero-order valence-corrected chi connectivity index (χ0v) is 39.7. The Morgan fingerprint density at radius 3 is 1.97 bits per heavy atom. The maximum absolute atomic E-state index is 12.7. The van der Waals surface area contributed by atoms with E-state index in [0.29, 0.717) is 30.3 Å². The maximum atomic E-state index is 12.7. The SMILES string of the molecule is CCCCCCCC/C=C/C/C=C/C=C/C(O)CCCC(=O)O[C@H](COC(=O)CCCCCCCCc1oc(CCCCC)c(C)c1C)COP(=O)(O)OCC[N+](C)(C)C. The Labute approximate surface area is 364 Å². The van der Waals surface area contributed by atoms with Crippen molar-refractivity contribution in [3.05, 3.63) is 59.1 Å². The van der Waals surface area contributed by atoms with Gasteiger partial charge in [0.2, 0.25) is 0 Å². The fraction of sp³-hybridized carbons (Fsp3) is 0.750.